The van der Waals surface area contributed by atoms with E-state index >= 15 is 0 Å². The fraction of sp³-hybridized carbons (Fsp3) is 0.846. The Balaban J connectivity index is 1.58. The molecule has 3 rings (SSSR count). The van der Waals surface area contributed by atoms with E-state index in [1.54, 1.807) is 0 Å². The Kier molecular flexibility index (Phi) is 3.24. The average Bonchev–Trinajstić information content (AvgIpc) is 2.82. The highest BCUT2D eigenvalue weighted by Gasteiger charge is 2.38. The third-order valence-electron chi connectivity index (χ3n) is 4.53. The van der Waals surface area contributed by atoms with E-state index in [2.05, 4.69) is 10.6 Å². The molecule has 3 saturated heterocycles. The molecule has 0 aliphatic carbocycles. The SMILES string of the molecule is O=C1CCC(C(=O)N2CC3CCCNC3C2)CN1. The molecule has 5 nitrogen and oxygen atoms in total. The van der Waals surface area contributed by atoms with Gasteiger partial charge in [-0.2, -0.15) is 0 Å². The van der Waals surface area contributed by atoms with Gasteiger partial charge in [0.2, 0.25) is 11.8 Å². The molecule has 0 aromatic rings. The summed E-state index contributed by atoms with van der Waals surface area (Å²) in [5.74, 6) is 0.964. The summed E-state index contributed by atoms with van der Waals surface area (Å²) in [5, 5.41) is 6.31. The molecule has 0 spiro atoms. The first kappa shape index (κ1) is 12.0. The third-order valence-corrected chi connectivity index (χ3v) is 4.53. The lowest BCUT2D eigenvalue weighted by Gasteiger charge is -2.26. The summed E-state index contributed by atoms with van der Waals surface area (Å²) in [7, 11) is 0. The second-order valence-corrected chi connectivity index (χ2v) is 5.75. The smallest absolute Gasteiger partial charge is 0.227 e. The summed E-state index contributed by atoms with van der Waals surface area (Å²) in [4.78, 5) is 25.5. The fourth-order valence-electron chi connectivity index (χ4n) is 3.43. The van der Waals surface area contributed by atoms with E-state index in [-0.39, 0.29) is 17.7 Å². The summed E-state index contributed by atoms with van der Waals surface area (Å²) in [5.41, 5.74) is 0. The maximum Gasteiger partial charge on any atom is 0.227 e. The van der Waals surface area contributed by atoms with E-state index in [0.29, 0.717) is 31.3 Å². The van der Waals surface area contributed by atoms with Crippen LogP contribution in [0, 0.1) is 11.8 Å². The van der Waals surface area contributed by atoms with Crippen LogP contribution in [0.1, 0.15) is 25.7 Å². The van der Waals surface area contributed by atoms with Crippen LogP contribution in [-0.2, 0) is 9.59 Å². The van der Waals surface area contributed by atoms with Gasteiger partial charge in [0.1, 0.15) is 0 Å². The number of hydrogen-bond donors (Lipinski definition) is 2. The topological polar surface area (TPSA) is 61.4 Å². The van der Waals surface area contributed by atoms with Crippen molar-refractivity contribution in [1.29, 1.82) is 0 Å². The highest BCUT2D eigenvalue weighted by molar-refractivity contribution is 5.84. The molecule has 3 aliphatic heterocycles. The molecule has 5 heteroatoms. The number of amides is 2. The molecule has 0 aromatic heterocycles. The van der Waals surface area contributed by atoms with Gasteiger partial charge in [0.15, 0.2) is 0 Å². The molecule has 0 radical (unpaired) electrons. The Labute approximate surface area is 107 Å². The zero-order valence-corrected chi connectivity index (χ0v) is 10.7. The van der Waals surface area contributed by atoms with Gasteiger partial charge in [-0.15, -0.1) is 0 Å². The Morgan fingerprint density at radius 1 is 1.28 bits per heavy atom. The number of hydrogen-bond acceptors (Lipinski definition) is 3. The predicted octanol–water partition coefficient (Wildman–Crippen LogP) is -0.277. The summed E-state index contributed by atoms with van der Waals surface area (Å²) in [6.07, 6.45) is 3.67. The van der Waals surface area contributed by atoms with E-state index in [4.69, 9.17) is 0 Å². The van der Waals surface area contributed by atoms with Crippen LogP contribution in [0.25, 0.3) is 0 Å². The molecule has 0 saturated carbocycles. The number of rotatable bonds is 1. The van der Waals surface area contributed by atoms with Gasteiger partial charge in [-0.3, -0.25) is 9.59 Å². The van der Waals surface area contributed by atoms with Crippen LogP contribution in [0.3, 0.4) is 0 Å². The molecule has 2 amide bonds. The lowest BCUT2D eigenvalue weighted by molar-refractivity contribution is -0.136. The van der Waals surface area contributed by atoms with Crippen LogP contribution in [-0.4, -0.2) is 48.9 Å². The molecule has 100 valence electrons. The van der Waals surface area contributed by atoms with Crippen molar-refractivity contribution in [2.24, 2.45) is 11.8 Å². The number of nitrogens with zero attached hydrogens (tertiary/aromatic N) is 1. The first-order valence-electron chi connectivity index (χ1n) is 7.03. The van der Waals surface area contributed by atoms with Crippen LogP contribution in [0.5, 0.6) is 0 Å². The third kappa shape index (κ3) is 2.23. The molecule has 18 heavy (non-hydrogen) atoms. The van der Waals surface area contributed by atoms with Gasteiger partial charge >= 0.3 is 0 Å². The van der Waals surface area contributed by atoms with Gasteiger partial charge in [-0.05, 0) is 31.7 Å². The predicted molar refractivity (Wildman–Crippen MR) is 66.8 cm³/mol. The van der Waals surface area contributed by atoms with Crippen molar-refractivity contribution in [2.45, 2.75) is 31.7 Å². The van der Waals surface area contributed by atoms with Gasteiger partial charge in [0, 0.05) is 32.1 Å². The van der Waals surface area contributed by atoms with Crippen molar-refractivity contribution >= 4 is 11.8 Å². The van der Waals surface area contributed by atoms with Crippen LogP contribution in [0.4, 0.5) is 0 Å². The highest BCUT2D eigenvalue weighted by atomic mass is 16.2. The van der Waals surface area contributed by atoms with E-state index < -0.39 is 0 Å². The van der Waals surface area contributed by atoms with Crippen molar-refractivity contribution in [3.63, 3.8) is 0 Å². The second kappa shape index (κ2) is 4.88. The number of carbonyl (C=O) groups is 2. The zero-order valence-electron chi connectivity index (χ0n) is 10.7. The summed E-state index contributed by atoms with van der Waals surface area (Å²) in [6.45, 7) is 3.37. The van der Waals surface area contributed by atoms with Crippen molar-refractivity contribution < 1.29 is 9.59 Å². The van der Waals surface area contributed by atoms with Gasteiger partial charge in [-0.1, -0.05) is 0 Å². The fourth-order valence-corrected chi connectivity index (χ4v) is 3.43. The first-order valence-corrected chi connectivity index (χ1v) is 7.03. The van der Waals surface area contributed by atoms with Crippen molar-refractivity contribution in [3.05, 3.63) is 0 Å². The normalized spacial score (nSPS) is 36.1. The van der Waals surface area contributed by atoms with E-state index in [9.17, 15) is 9.59 Å². The summed E-state index contributed by atoms with van der Waals surface area (Å²) < 4.78 is 0. The number of fused-ring (bicyclic) bond motifs is 1. The Bertz CT molecular complexity index is 334. The number of likely N-dealkylation sites (tertiary alicyclic amines) is 1. The largest absolute Gasteiger partial charge is 0.355 e. The van der Waals surface area contributed by atoms with Gasteiger partial charge in [0.25, 0.3) is 0 Å². The molecule has 3 atom stereocenters. The molecule has 3 aliphatic rings. The minimum atomic E-state index is 0.00264. The van der Waals surface area contributed by atoms with Crippen LogP contribution in [0.2, 0.25) is 0 Å². The van der Waals surface area contributed by atoms with E-state index in [1.165, 1.54) is 12.8 Å². The summed E-state index contributed by atoms with van der Waals surface area (Å²) in [6, 6.07) is 0.501. The van der Waals surface area contributed by atoms with E-state index in [1.807, 2.05) is 4.90 Å². The number of piperidine rings is 2. The molecule has 3 fully saturated rings. The second-order valence-electron chi connectivity index (χ2n) is 5.75. The van der Waals surface area contributed by atoms with Crippen LogP contribution in [0.15, 0.2) is 0 Å². The minimum absolute atomic E-state index is 0.00264. The number of carbonyl (C=O) groups excluding carboxylic acids is 2. The number of nitrogens with one attached hydrogen (secondary N) is 2. The van der Waals surface area contributed by atoms with Crippen molar-refractivity contribution in [1.82, 2.24) is 15.5 Å². The van der Waals surface area contributed by atoms with Gasteiger partial charge in [0.05, 0.1) is 5.92 Å². The van der Waals surface area contributed by atoms with Crippen molar-refractivity contribution in [2.75, 3.05) is 26.2 Å². The molecular formula is C13H21N3O2. The molecule has 3 heterocycles. The lowest BCUT2D eigenvalue weighted by atomic mass is 9.94. The Morgan fingerprint density at radius 3 is 2.89 bits per heavy atom. The van der Waals surface area contributed by atoms with Gasteiger partial charge < -0.3 is 15.5 Å². The molecular weight excluding hydrogens is 230 g/mol. The molecule has 2 N–H and O–H groups in total. The van der Waals surface area contributed by atoms with Crippen LogP contribution < -0.4 is 10.6 Å². The Morgan fingerprint density at radius 2 is 2.17 bits per heavy atom. The van der Waals surface area contributed by atoms with Gasteiger partial charge in [-0.25, -0.2) is 0 Å². The minimum Gasteiger partial charge on any atom is -0.355 e. The lowest BCUT2D eigenvalue weighted by Crippen LogP contribution is -2.45. The zero-order chi connectivity index (χ0) is 12.5. The van der Waals surface area contributed by atoms with Crippen molar-refractivity contribution in [3.8, 4) is 0 Å². The van der Waals surface area contributed by atoms with Crippen LogP contribution >= 0.6 is 0 Å². The van der Waals surface area contributed by atoms with E-state index in [0.717, 1.165) is 19.6 Å². The average molecular weight is 251 g/mol. The Hall–Kier alpha value is -1.10. The molecule has 3 unspecified atom stereocenters. The highest BCUT2D eigenvalue weighted by Crippen LogP contribution is 2.27. The first-order chi connectivity index (χ1) is 8.74. The maximum absolute atomic E-state index is 12.4. The maximum atomic E-state index is 12.4. The summed E-state index contributed by atoms with van der Waals surface area (Å²) >= 11 is 0. The molecule has 0 aromatic carbocycles. The quantitative estimate of drug-likeness (QED) is 0.674. The standard InChI is InChI=1S/C13H21N3O2/c17-12-4-3-9(6-15-12)13(18)16-7-10-2-1-5-14-11(10)8-16/h9-11,14H,1-8H2,(H,15,17). The monoisotopic (exact) mass is 251 g/mol. The molecule has 0 bridgehead atoms.